The zero-order valence-corrected chi connectivity index (χ0v) is 23.1. The number of rotatable bonds is 7. The standard InChI is InChI=1S/C26H23ClN4O3S3/c1-16-15-18(8-11-20(16)30-37(2,32)33)31-25(24(29-26(31)35)21-5-3-4-14-28-21)22-12-13-23(34-22)36-19-9-6-17(27)7-10-19/h3-15,24-25,30H,1-2H3,(H,29,35)/t24-,25+/m1/s1. The van der Waals surface area contributed by atoms with E-state index in [1.54, 1.807) is 12.3 Å². The molecular formula is C26H23ClN4O3S3. The molecule has 5 rings (SSSR count). The van der Waals surface area contributed by atoms with Crippen molar-refractivity contribution in [2.75, 3.05) is 15.9 Å². The minimum absolute atomic E-state index is 0.262. The van der Waals surface area contributed by atoms with E-state index in [1.165, 1.54) is 11.8 Å². The molecule has 0 amide bonds. The number of aryl methyl sites for hydroxylation is 1. The number of sulfonamides is 1. The second-order valence-electron chi connectivity index (χ2n) is 8.58. The number of benzene rings is 2. The van der Waals surface area contributed by atoms with Crippen LogP contribution in [0.1, 0.15) is 29.1 Å². The van der Waals surface area contributed by atoms with Crippen molar-refractivity contribution in [3.8, 4) is 0 Å². The van der Waals surface area contributed by atoms with Gasteiger partial charge >= 0.3 is 0 Å². The Morgan fingerprint density at radius 2 is 1.89 bits per heavy atom. The van der Waals surface area contributed by atoms with Crippen molar-refractivity contribution >= 4 is 62.1 Å². The summed E-state index contributed by atoms with van der Waals surface area (Å²) in [6.45, 7) is 1.85. The van der Waals surface area contributed by atoms with Crippen molar-refractivity contribution in [2.45, 2.75) is 29.0 Å². The van der Waals surface area contributed by atoms with Crippen LogP contribution in [0.3, 0.4) is 0 Å². The molecular weight excluding hydrogens is 548 g/mol. The molecule has 37 heavy (non-hydrogen) atoms. The van der Waals surface area contributed by atoms with Gasteiger partial charge in [-0.2, -0.15) is 0 Å². The highest BCUT2D eigenvalue weighted by Crippen LogP contribution is 2.44. The Hall–Kier alpha value is -3.05. The first-order valence-electron chi connectivity index (χ1n) is 11.3. The van der Waals surface area contributed by atoms with Crippen LogP contribution in [0.25, 0.3) is 0 Å². The summed E-state index contributed by atoms with van der Waals surface area (Å²) < 4.78 is 32.4. The van der Waals surface area contributed by atoms with Crippen molar-refractivity contribution in [2.24, 2.45) is 0 Å². The summed E-state index contributed by atoms with van der Waals surface area (Å²) in [5, 5.41) is 5.34. The number of halogens is 1. The van der Waals surface area contributed by atoms with Crippen LogP contribution in [-0.4, -0.2) is 24.8 Å². The van der Waals surface area contributed by atoms with Gasteiger partial charge in [0, 0.05) is 21.8 Å². The molecule has 2 aromatic heterocycles. The quantitative estimate of drug-likeness (QED) is 0.249. The van der Waals surface area contributed by atoms with Gasteiger partial charge < -0.3 is 14.6 Å². The summed E-state index contributed by atoms with van der Waals surface area (Å²) in [4.78, 5) is 7.56. The number of thiocarbonyl (C=S) groups is 1. The van der Waals surface area contributed by atoms with E-state index in [1.807, 2.05) is 78.6 Å². The maximum atomic E-state index is 11.8. The van der Waals surface area contributed by atoms with Crippen molar-refractivity contribution in [3.63, 3.8) is 0 Å². The Kier molecular flexibility index (Phi) is 7.17. The van der Waals surface area contributed by atoms with Crippen LogP contribution in [0.15, 0.2) is 93.4 Å². The Labute approximate surface area is 230 Å². The van der Waals surface area contributed by atoms with Crippen LogP contribution in [0.4, 0.5) is 11.4 Å². The van der Waals surface area contributed by atoms with Crippen LogP contribution in [-0.2, 0) is 10.0 Å². The maximum Gasteiger partial charge on any atom is 0.229 e. The van der Waals surface area contributed by atoms with Gasteiger partial charge in [0.1, 0.15) is 11.8 Å². The minimum Gasteiger partial charge on any atom is -0.452 e. The molecule has 1 saturated heterocycles. The normalized spacial score (nSPS) is 17.6. The third kappa shape index (κ3) is 5.77. The van der Waals surface area contributed by atoms with Crippen LogP contribution >= 0.6 is 35.6 Å². The van der Waals surface area contributed by atoms with Gasteiger partial charge in [0.05, 0.1) is 23.7 Å². The van der Waals surface area contributed by atoms with Crippen LogP contribution < -0.4 is 14.9 Å². The monoisotopic (exact) mass is 570 g/mol. The van der Waals surface area contributed by atoms with Crippen LogP contribution in [0.5, 0.6) is 0 Å². The molecule has 190 valence electrons. The van der Waals surface area contributed by atoms with E-state index in [0.29, 0.717) is 15.8 Å². The van der Waals surface area contributed by atoms with Gasteiger partial charge in [-0.05, 0) is 91.4 Å². The number of nitrogens with one attached hydrogen (secondary N) is 2. The van der Waals surface area contributed by atoms with Crippen molar-refractivity contribution in [1.29, 1.82) is 0 Å². The third-order valence-electron chi connectivity index (χ3n) is 5.81. The smallest absolute Gasteiger partial charge is 0.229 e. The van der Waals surface area contributed by atoms with E-state index in [-0.39, 0.29) is 12.1 Å². The summed E-state index contributed by atoms with van der Waals surface area (Å²) in [7, 11) is -3.40. The number of aromatic nitrogens is 1. The summed E-state index contributed by atoms with van der Waals surface area (Å²) in [6.07, 6.45) is 2.88. The van der Waals surface area contributed by atoms with Crippen molar-refractivity contribution in [3.05, 3.63) is 101 Å². The van der Waals surface area contributed by atoms with E-state index in [0.717, 1.165) is 38.9 Å². The fourth-order valence-electron chi connectivity index (χ4n) is 4.20. The summed E-state index contributed by atoms with van der Waals surface area (Å²) in [5.74, 6) is 0.718. The molecule has 4 aromatic rings. The summed E-state index contributed by atoms with van der Waals surface area (Å²) in [5.41, 5.74) is 2.92. The van der Waals surface area contributed by atoms with Gasteiger partial charge in [-0.3, -0.25) is 9.71 Å². The molecule has 3 heterocycles. The van der Waals surface area contributed by atoms with Gasteiger partial charge in [-0.25, -0.2) is 8.42 Å². The first kappa shape index (κ1) is 25.6. The molecule has 0 radical (unpaired) electrons. The molecule has 11 heteroatoms. The highest BCUT2D eigenvalue weighted by Gasteiger charge is 2.42. The Balaban J connectivity index is 1.52. The average molecular weight is 571 g/mol. The molecule has 1 aliphatic heterocycles. The second-order valence-corrected chi connectivity index (χ2v) is 12.2. The van der Waals surface area contributed by atoms with Crippen LogP contribution in [0.2, 0.25) is 5.02 Å². The largest absolute Gasteiger partial charge is 0.452 e. The van der Waals surface area contributed by atoms with Crippen molar-refractivity contribution in [1.82, 2.24) is 10.3 Å². The van der Waals surface area contributed by atoms with Gasteiger partial charge in [0.2, 0.25) is 10.0 Å². The predicted octanol–water partition coefficient (Wildman–Crippen LogP) is 6.34. The highest BCUT2D eigenvalue weighted by molar-refractivity contribution is 7.99. The molecule has 0 bridgehead atoms. The fourth-order valence-corrected chi connectivity index (χ4v) is 6.08. The zero-order chi connectivity index (χ0) is 26.2. The number of hydrogen-bond donors (Lipinski definition) is 2. The maximum absolute atomic E-state index is 11.8. The van der Waals surface area contributed by atoms with Gasteiger partial charge in [-0.1, -0.05) is 29.4 Å². The van der Waals surface area contributed by atoms with Crippen molar-refractivity contribution < 1.29 is 12.8 Å². The second kappa shape index (κ2) is 10.4. The van der Waals surface area contributed by atoms with E-state index in [9.17, 15) is 8.42 Å². The van der Waals surface area contributed by atoms with Crippen LogP contribution in [0, 0.1) is 6.92 Å². The molecule has 1 fully saturated rings. The zero-order valence-electron chi connectivity index (χ0n) is 19.9. The highest BCUT2D eigenvalue weighted by atomic mass is 35.5. The van der Waals surface area contributed by atoms with Gasteiger partial charge in [0.25, 0.3) is 0 Å². The topological polar surface area (TPSA) is 87.5 Å². The molecule has 2 aromatic carbocycles. The molecule has 0 spiro atoms. The van der Waals surface area contributed by atoms with E-state index in [4.69, 9.17) is 28.2 Å². The minimum atomic E-state index is -3.40. The third-order valence-corrected chi connectivity index (χ3v) is 7.89. The summed E-state index contributed by atoms with van der Waals surface area (Å²) >= 11 is 13.3. The lowest BCUT2D eigenvalue weighted by Crippen LogP contribution is -2.29. The molecule has 2 N–H and O–H groups in total. The number of furan rings is 1. The van der Waals surface area contributed by atoms with E-state index in [2.05, 4.69) is 15.0 Å². The SMILES string of the molecule is Cc1cc(N2C(=S)N[C@H](c3ccccn3)[C@@H]2c2ccc(Sc3ccc(Cl)cc3)o2)ccc1NS(C)(=O)=O. The number of pyridine rings is 1. The first-order valence-corrected chi connectivity index (χ1v) is 14.8. The summed E-state index contributed by atoms with van der Waals surface area (Å²) in [6, 6.07) is 22.1. The Morgan fingerprint density at radius 3 is 2.57 bits per heavy atom. The predicted molar refractivity (Wildman–Crippen MR) is 152 cm³/mol. The molecule has 0 saturated carbocycles. The Morgan fingerprint density at radius 1 is 1.11 bits per heavy atom. The Bertz CT molecular complexity index is 1540. The lowest BCUT2D eigenvalue weighted by molar-refractivity contribution is 0.383. The molecule has 2 atom stereocenters. The lowest BCUT2D eigenvalue weighted by Gasteiger charge is -2.26. The molecule has 0 aliphatic carbocycles. The first-order chi connectivity index (χ1) is 17.7. The lowest BCUT2D eigenvalue weighted by atomic mass is 10.0. The molecule has 0 unspecified atom stereocenters. The average Bonchev–Trinajstić information content (AvgIpc) is 3.45. The fraction of sp³-hybridized carbons (Fsp3) is 0.154. The van der Waals surface area contributed by atoms with E-state index < -0.39 is 10.0 Å². The van der Waals surface area contributed by atoms with Gasteiger partial charge in [0.15, 0.2) is 10.2 Å². The number of nitrogens with zero attached hydrogens (tertiary/aromatic N) is 2. The number of hydrogen-bond acceptors (Lipinski definition) is 6. The van der Waals surface area contributed by atoms with Gasteiger partial charge in [-0.15, -0.1) is 0 Å². The molecule has 7 nitrogen and oxygen atoms in total. The van der Waals surface area contributed by atoms with E-state index >= 15 is 0 Å². The molecule has 1 aliphatic rings. The number of anilines is 2.